The van der Waals surface area contributed by atoms with Gasteiger partial charge in [0, 0.05) is 34.6 Å². The fourth-order valence-corrected chi connectivity index (χ4v) is 3.36. The highest BCUT2D eigenvalue weighted by Gasteiger charge is 2.20. The third-order valence-corrected chi connectivity index (χ3v) is 4.92. The van der Waals surface area contributed by atoms with Gasteiger partial charge in [-0.25, -0.2) is 4.99 Å². The second-order valence-corrected chi connectivity index (χ2v) is 7.04. The van der Waals surface area contributed by atoms with E-state index in [9.17, 15) is 15.2 Å². The molecular weight excluding hydrogens is 380 g/mol. The summed E-state index contributed by atoms with van der Waals surface area (Å²) in [6, 6.07) is 21.3. The number of nitrogens with two attached hydrogens (primary N) is 1. The quantitative estimate of drug-likeness (QED) is 0.249. The molecule has 0 spiro atoms. The smallest absolute Gasteiger partial charge is 0.270 e. The molecule has 7 heteroatoms. The van der Waals surface area contributed by atoms with Crippen LogP contribution in [0, 0.1) is 10.1 Å². The highest BCUT2D eigenvalue weighted by atomic mass is 16.6. The van der Waals surface area contributed by atoms with Crippen molar-refractivity contribution in [2.24, 2.45) is 10.7 Å². The summed E-state index contributed by atoms with van der Waals surface area (Å²) in [7, 11) is 0. The SMILES string of the molecule is C[C@@H](N)c1ccc(N=C(c2ccccc2)c2c(O)[nH]c3ccc([N+](=O)[O-])cc23)cc1. The number of aromatic hydroxyl groups is 1. The Morgan fingerprint density at radius 3 is 2.43 bits per heavy atom. The topological polar surface area (TPSA) is 118 Å². The molecule has 3 aromatic carbocycles. The van der Waals surface area contributed by atoms with E-state index in [-0.39, 0.29) is 17.6 Å². The molecule has 0 bridgehead atoms. The van der Waals surface area contributed by atoms with Crippen molar-refractivity contribution in [1.29, 1.82) is 0 Å². The Morgan fingerprint density at radius 2 is 1.80 bits per heavy atom. The zero-order valence-electron chi connectivity index (χ0n) is 16.2. The first-order valence-electron chi connectivity index (χ1n) is 9.43. The average molecular weight is 400 g/mol. The van der Waals surface area contributed by atoms with Crippen LogP contribution >= 0.6 is 0 Å². The summed E-state index contributed by atoms with van der Waals surface area (Å²) in [5.41, 5.74) is 9.81. The minimum absolute atomic E-state index is 0.0588. The van der Waals surface area contributed by atoms with Gasteiger partial charge in [-0.3, -0.25) is 10.1 Å². The van der Waals surface area contributed by atoms with Crippen LogP contribution in [-0.2, 0) is 0 Å². The lowest BCUT2D eigenvalue weighted by molar-refractivity contribution is -0.384. The minimum Gasteiger partial charge on any atom is -0.494 e. The predicted octanol–water partition coefficient (Wildman–Crippen LogP) is 4.97. The number of hydrogen-bond donors (Lipinski definition) is 3. The molecule has 4 N–H and O–H groups in total. The van der Waals surface area contributed by atoms with Crippen LogP contribution in [0.15, 0.2) is 77.8 Å². The molecule has 4 aromatic rings. The van der Waals surface area contributed by atoms with Gasteiger partial charge in [0.2, 0.25) is 0 Å². The van der Waals surface area contributed by atoms with Crippen LogP contribution in [0.3, 0.4) is 0 Å². The monoisotopic (exact) mass is 400 g/mol. The fraction of sp³-hybridized carbons (Fsp3) is 0.0870. The fourth-order valence-electron chi connectivity index (χ4n) is 3.36. The summed E-state index contributed by atoms with van der Waals surface area (Å²) in [4.78, 5) is 18.5. The van der Waals surface area contributed by atoms with Crippen molar-refractivity contribution in [3.63, 3.8) is 0 Å². The third kappa shape index (κ3) is 3.66. The minimum atomic E-state index is -0.459. The van der Waals surface area contributed by atoms with E-state index in [4.69, 9.17) is 10.7 Å². The zero-order valence-corrected chi connectivity index (χ0v) is 16.2. The number of nitro groups is 1. The first kappa shape index (κ1) is 19.4. The van der Waals surface area contributed by atoms with E-state index in [2.05, 4.69) is 4.98 Å². The molecule has 7 nitrogen and oxygen atoms in total. The number of benzene rings is 3. The third-order valence-electron chi connectivity index (χ3n) is 4.92. The molecule has 30 heavy (non-hydrogen) atoms. The number of nitro benzene ring substituents is 1. The lowest BCUT2D eigenvalue weighted by Gasteiger charge is -2.09. The van der Waals surface area contributed by atoms with Crippen molar-refractivity contribution in [2.45, 2.75) is 13.0 Å². The second kappa shape index (κ2) is 7.81. The van der Waals surface area contributed by atoms with Crippen molar-refractivity contribution in [3.05, 3.63) is 99.6 Å². The molecule has 0 aliphatic heterocycles. The van der Waals surface area contributed by atoms with Gasteiger partial charge in [0.05, 0.1) is 21.9 Å². The lowest BCUT2D eigenvalue weighted by Crippen LogP contribution is -2.04. The van der Waals surface area contributed by atoms with Crippen LogP contribution in [0.25, 0.3) is 10.9 Å². The summed E-state index contributed by atoms with van der Waals surface area (Å²) in [6.45, 7) is 1.91. The van der Waals surface area contributed by atoms with Crippen molar-refractivity contribution in [2.75, 3.05) is 0 Å². The van der Waals surface area contributed by atoms with Gasteiger partial charge in [0.1, 0.15) is 0 Å². The summed E-state index contributed by atoms with van der Waals surface area (Å²) in [5.74, 6) is -0.0969. The maximum absolute atomic E-state index is 11.3. The number of non-ortho nitro benzene ring substituents is 1. The molecular formula is C23H20N4O3. The van der Waals surface area contributed by atoms with Crippen molar-refractivity contribution in [3.8, 4) is 5.88 Å². The predicted molar refractivity (Wildman–Crippen MR) is 117 cm³/mol. The number of rotatable bonds is 5. The molecule has 1 atom stereocenters. The first-order chi connectivity index (χ1) is 14.4. The molecule has 150 valence electrons. The van der Waals surface area contributed by atoms with Crippen molar-refractivity contribution >= 4 is 28.0 Å². The number of H-pyrrole nitrogens is 1. The summed E-state index contributed by atoms with van der Waals surface area (Å²) in [5, 5.41) is 22.5. The molecule has 0 saturated heterocycles. The van der Waals surface area contributed by atoms with Crippen LogP contribution in [0.2, 0.25) is 0 Å². The second-order valence-electron chi connectivity index (χ2n) is 7.04. The van der Waals surface area contributed by atoms with E-state index in [0.717, 1.165) is 11.1 Å². The molecule has 1 heterocycles. The lowest BCUT2D eigenvalue weighted by atomic mass is 10.0. The van der Waals surface area contributed by atoms with E-state index in [0.29, 0.717) is 27.9 Å². The number of aliphatic imine (C=N–C) groups is 1. The normalized spacial score (nSPS) is 12.8. The Balaban J connectivity index is 1.94. The Labute approximate surface area is 172 Å². The largest absolute Gasteiger partial charge is 0.494 e. The van der Waals surface area contributed by atoms with E-state index in [1.165, 1.54) is 12.1 Å². The molecule has 0 aliphatic rings. The number of aromatic nitrogens is 1. The molecule has 0 saturated carbocycles. The van der Waals surface area contributed by atoms with E-state index in [1.54, 1.807) is 6.07 Å². The first-order valence-corrected chi connectivity index (χ1v) is 9.43. The molecule has 0 amide bonds. The van der Waals surface area contributed by atoms with Crippen molar-refractivity contribution in [1.82, 2.24) is 4.98 Å². The van der Waals surface area contributed by atoms with E-state index >= 15 is 0 Å². The molecule has 0 radical (unpaired) electrons. The van der Waals surface area contributed by atoms with Gasteiger partial charge >= 0.3 is 0 Å². The molecule has 0 aliphatic carbocycles. The van der Waals surface area contributed by atoms with E-state index in [1.807, 2.05) is 61.5 Å². The molecule has 4 rings (SSSR count). The Morgan fingerprint density at radius 1 is 1.10 bits per heavy atom. The average Bonchev–Trinajstić information content (AvgIpc) is 3.07. The standard InChI is InChI=1S/C23H20N4O3/c1-14(24)15-7-9-17(10-8-15)25-22(16-5-3-2-4-6-16)21-19-13-18(27(29)30)11-12-20(19)26-23(21)28/h2-14,26,28H,24H2,1H3/t14-/m1/s1. The number of nitrogens with one attached hydrogen (secondary N) is 1. The maximum Gasteiger partial charge on any atom is 0.270 e. The maximum atomic E-state index is 11.3. The summed E-state index contributed by atoms with van der Waals surface area (Å²) < 4.78 is 0. The Kier molecular flexibility index (Phi) is 5.04. The number of aromatic amines is 1. The van der Waals surface area contributed by atoms with Crippen LogP contribution in [0.5, 0.6) is 5.88 Å². The zero-order chi connectivity index (χ0) is 21.3. The number of nitrogens with zero attached hydrogens (tertiary/aromatic N) is 2. The Hall–Kier alpha value is -3.97. The van der Waals surface area contributed by atoms with Gasteiger partial charge in [-0.05, 0) is 30.7 Å². The summed E-state index contributed by atoms with van der Waals surface area (Å²) >= 11 is 0. The van der Waals surface area contributed by atoms with Gasteiger partial charge in [-0.1, -0.05) is 42.5 Å². The van der Waals surface area contributed by atoms with Gasteiger partial charge < -0.3 is 15.8 Å². The molecule has 0 unspecified atom stereocenters. The summed E-state index contributed by atoms with van der Waals surface area (Å²) in [6.07, 6.45) is 0. The van der Waals surface area contributed by atoms with Gasteiger partial charge in [-0.15, -0.1) is 0 Å². The van der Waals surface area contributed by atoms with Crippen LogP contribution in [0.4, 0.5) is 11.4 Å². The highest BCUT2D eigenvalue weighted by Crippen LogP contribution is 2.33. The van der Waals surface area contributed by atoms with Crippen LogP contribution < -0.4 is 5.73 Å². The highest BCUT2D eigenvalue weighted by molar-refractivity contribution is 6.22. The van der Waals surface area contributed by atoms with Gasteiger partial charge in [0.15, 0.2) is 5.88 Å². The van der Waals surface area contributed by atoms with Crippen LogP contribution in [-0.4, -0.2) is 20.7 Å². The number of fused-ring (bicyclic) bond motifs is 1. The van der Waals surface area contributed by atoms with Gasteiger partial charge in [-0.2, -0.15) is 0 Å². The van der Waals surface area contributed by atoms with Crippen molar-refractivity contribution < 1.29 is 10.0 Å². The van der Waals surface area contributed by atoms with Crippen LogP contribution in [0.1, 0.15) is 29.7 Å². The number of hydrogen-bond acceptors (Lipinski definition) is 5. The van der Waals surface area contributed by atoms with Gasteiger partial charge in [0.25, 0.3) is 5.69 Å². The molecule has 0 fully saturated rings. The molecule has 1 aromatic heterocycles. The van der Waals surface area contributed by atoms with E-state index < -0.39 is 4.92 Å². The Bertz CT molecular complexity index is 1240.